The van der Waals surface area contributed by atoms with Gasteiger partial charge in [0.1, 0.15) is 0 Å². The molecule has 322 valence electrons. The number of pyridine rings is 1. The Morgan fingerprint density at radius 3 is 1.21 bits per heavy atom. The van der Waals surface area contributed by atoms with E-state index >= 15 is 0 Å². The monoisotopic (exact) mass is 870 g/mol. The van der Waals surface area contributed by atoms with Crippen molar-refractivity contribution in [2.75, 3.05) is 0 Å². The predicted octanol–water partition coefficient (Wildman–Crippen LogP) is 16.7. The van der Waals surface area contributed by atoms with Gasteiger partial charge in [-0.15, -0.1) is 0 Å². The molecule has 0 N–H and O–H groups in total. The van der Waals surface area contributed by atoms with E-state index in [1.54, 1.807) is 0 Å². The van der Waals surface area contributed by atoms with Crippen molar-refractivity contribution in [3.8, 4) is 73.3 Å². The Morgan fingerprint density at radius 1 is 0.338 bits per heavy atom. The van der Waals surface area contributed by atoms with Gasteiger partial charge >= 0.3 is 0 Å². The van der Waals surface area contributed by atoms with Crippen LogP contribution in [0.4, 0.5) is 0 Å². The molecule has 0 aliphatic carbocycles. The highest BCUT2D eigenvalue weighted by Crippen LogP contribution is 2.43. The quantitative estimate of drug-likeness (QED) is 0.160. The molecule has 68 heavy (non-hydrogen) atoms. The molecule has 0 aliphatic rings. The third kappa shape index (κ3) is 6.96. The van der Waals surface area contributed by atoms with Crippen molar-refractivity contribution in [2.24, 2.45) is 0 Å². The molecule has 3 heterocycles. The van der Waals surface area contributed by atoms with Gasteiger partial charge in [-0.05, 0) is 116 Å². The number of para-hydroxylation sites is 2. The maximum Gasteiger partial charge on any atom is 0.0998 e. The average Bonchev–Trinajstić information content (AvgIpc) is 3.88. The molecule has 9 aromatic carbocycles. The summed E-state index contributed by atoms with van der Waals surface area (Å²) in [5.74, 6) is 0. The third-order valence-corrected chi connectivity index (χ3v) is 13.4. The largest absolute Gasteiger partial charge is 0.307 e. The number of aromatic nitrogens is 3. The minimum atomic E-state index is 0.573. The van der Waals surface area contributed by atoms with Crippen LogP contribution in [0.2, 0.25) is 0 Å². The lowest BCUT2D eigenvalue weighted by atomic mass is 9.95. The Morgan fingerprint density at radius 2 is 0.750 bits per heavy atom. The topological polar surface area (TPSA) is 46.5 Å². The molecule has 4 heteroatoms. The zero-order valence-electron chi connectivity index (χ0n) is 38.4. The number of nitrogens with zero attached hydrogens (tertiary/aromatic N) is 4. The fourth-order valence-corrected chi connectivity index (χ4v) is 10.6. The van der Waals surface area contributed by atoms with Gasteiger partial charge in [0.15, 0.2) is 0 Å². The standard InChI is InChI=1S/C64H46N4/c1-40-27-41(2)30-48(29-40)46-23-25-61-55(33-46)52-19-11-13-21-59(52)67(61)63-37-51(39-65)54(50-35-57(44-15-7-5-8-16-44)66-58(36-50)45-17-9-6-10-18-45)38-64(63)68-60-22-14-12-20-53(60)56-34-47(24-26-62(56)68)49-31-42(3)28-43(4)32-49/h5-38H,1-4H3. The number of rotatable bonds is 7. The van der Waals surface area contributed by atoms with Gasteiger partial charge < -0.3 is 9.13 Å². The molecule has 0 bridgehead atoms. The summed E-state index contributed by atoms with van der Waals surface area (Å²) in [4.78, 5) is 5.23. The molecule has 0 spiro atoms. The van der Waals surface area contributed by atoms with Crippen LogP contribution in [-0.2, 0) is 0 Å². The maximum absolute atomic E-state index is 11.4. The van der Waals surface area contributed by atoms with Crippen molar-refractivity contribution in [3.63, 3.8) is 0 Å². The molecule has 0 atom stereocenters. The van der Waals surface area contributed by atoms with E-state index in [9.17, 15) is 5.26 Å². The Hall–Kier alpha value is -8.78. The van der Waals surface area contributed by atoms with Crippen molar-refractivity contribution in [1.82, 2.24) is 14.1 Å². The second-order valence-corrected chi connectivity index (χ2v) is 18.3. The fraction of sp³-hybridized carbons (Fsp3) is 0.0625. The first-order valence-electron chi connectivity index (χ1n) is 23.2. The van der Waals surface area contributed by atoms with Crippen LogP contribution in [0.1, 0.15) is 27.8 Å². The first-order valence-corrected chi connectivity index (χ1v) is 23.2. The summed E-state index contributed by atoms with van der Waals surface area (Å²) in [6.07, 6.45) is 0. The highest BCUT2D eigenvalue weighted by molar-refractivity contribution is 6.13. The van der Waals surface area contributed by atoms with Crippen molar-refractivity contribution >= 4 is 43.6 Å². The van der Waals surface area contributed by atoms with Crippen molar-refractivity contribution in [2.45, 2.75) is 27.7 Å². The van der Waals surface area contributed by atoms with Crippen LogP contribution in [0.25, 0.3) is 111 Å². The zero-order chi connectivity index (χ0) is 46.0. The summed E-state index contributed by atoms with van der Waals surface area (Å²) in [6.45, 7) is 8.65. The smallest absolute Gasteiger partial charge is 0.0998 e. The lowest BCUT2D eigenvalue weighted by Crippen LogP contribution is -2.05. The molecule has 4 nitrogen and oxygen atoms in total. The molecular formula is C64H46N4. The van der Waals surface area contributed by atoms with Crippen molar-refractivity contribution < 1.29 is 0 Å². The predicted molar refractivity (Wildman–Crippen MR) is 284 cm³/mol. The zero-order valence-corrected chi connectivity index (χ0v) is 38.4. The van der Waals surface area contributed by atoms with E-state index in [2.05, 4.69) is 213 Å². The van der Waals surface area contributed by atoms with E-state index in [4.69, 9.17) is 4.98 Å². The van der Waals surface area contributed by atoms with Gasteiger partial charge in [-0.1, -0.05) is 168 Å². The van der Waals surface area contributed by atoms with Gasteiger partial charge in [-0.2, -0.15) is 5.26 Å². The SMILES string of the molecule is Cc1cc(C)cc(-c2ccc3c(c2)c2ccccc2n3-c2cc(C#N)c(-c3cc(-c4ccccc4)nc(-c4ccccc4)c3)cc2-n2c3ccccc3c3cc(-c4cc(C)cc(C)c4)ccc32)c1. The third-order valence-electron chi connectivity index (χ3n) is 13.4. The number of hydrogen-bond acceptors (Lipinski definition) is 2. The molecule has 0 unspecified atom stereocenters. The van der Waals surface area contributed by atoms with Crippen LogP contribution >= 0.6 is 0 Å². The molecule has 3 aromatic heterocycles. The molecule has 0 fully saturated rings. The lowest BCUT2D eigenvalue weighted by molar-refractivity contribution is 1.09. The van der Waals surface area contributed by atoms with Crippen molar-refractivity contribution in [3.05, 3.63) is 234 Å². The van der Waals surface area contributed by atoms with Crippen LogP contribution in [0.5, 0.6) is 0 Å². The highest BCUT2D eigenvalue weighted by atomic mass is 15.1. The van der Waals surface area contributed by atoms with E-state index in [0.29, 0.717) is 5.56 Å². The molecule has 0 saturated heterocycles. The van der Waals surface area contributed by atoms with Gasteiger partial charge in [-0.25, -0.2) is 4.98 Å². The molecule has 0 saturated carbocycles. The highest BCUT2D eigenvalue weighted by Gasteiger charge is 2.24. The number of nitriles is 1. The number of benzene rings is 9. The van der Waals surface area contributed by atoms with Gasteiger partial charge in [0, 0.05) is 38.2 Å². The van der Waals surface area contributed by atoms with Gasteiger partial charge in [0.2, 0.25) is 0 Å². The second-order valence-electron chi connectivity index (χ2n) is 18.3. The summed E-state index contributed by atoms with van der Waals surface area (Å²) < 4.78 is 4.79. The minimum Gasteiger partial charge on any atom is -0.307 e. The summed E-state index contributed by atoms with van der Waals surface area (Å²) in [5.41, 5.74) is 21.9. The average molecular weight is 871 g/mol. The van der Waals surface area contributed by atoms with Gasteiger partial charge in [0.05, 0.1) is 56.5 Å². The number of aryl methyl sites for hydroxylation is 4. The molecule has 12 rings (SSSR count). The van der Waals surface area contributed by atoms with E-state index in [0.717, 1.165) is 88.6 Å². The lowest BCUT2D eigenvalue weighted by Gasteiger charge is -2.20. The summed E-state index contributed by atoms with van der Waals surface area (Å²) >= 11 is 0. The van der Waals surface area contributed by atoms with E-state index < -0.39 is 0 Å². The van der Waals surface area contributed by atoms with Crippen LogP contribution in [0.3, 0.4) is 0 Å². The minimum absolute atomic E-state index is 0.573. The Kier molecular flexibility index (Phi) is 9.74. The second kappa shape index (κ2) is 16.3. The van der Waals surface area contributed by atoms with E-state index in [1.165, 1.54) is 44.5 Å². The van der Waals surface area contributed by atoms with Crippen LogP contribution in [0, 0.1) is 39.0 Å². The Bertz CT molecular complexity index is 3920. The van der Waals surface area contributed by atoms with Gasteiger partial charge in [-0.3, -0.25) is 0 Å². The van der Waals surface area contributed by atoms with E-state index in [-0.39, 0.29) is 0 Å². The molecule has 12 aromatic rings. The van der Waals surface area contributed by atoms with Crippen molar-refractivity contribution in [1.29, 1.82) is 5.26 Å². The number of fused-ring (bicyclic) bond motifs is 6. The first kappa shape index (κ1) is 40.7. The summed E-state index contributed by atoms with van der Waals surface area (Å²) in [7, 11) is 0. The summed E-state index contributed by atoms with van der Waals surface area (Å²) in [5, 5.41) is 16.0. The molecule has 0 amide bonds. The van der Waals surface area contributed by atoms with Crippen LogP contribution < -0.4 is 0 Å². The van der Waals surface area contributed by atoms with Crippen LogP contribution in [-0.4, -0.2) is 14.1 Å². The number of hydrogen-bond donors (Lipinski definition) is 0. The Balaban J connectivity index is 1.18. The molecule has 0 radical (unpaired) electrons. The maximum atomic E-state index is 11.4. The molecular weight excluding hydrogens is 825 g/mol. The fourth-order valence-electron chi connectivity index (χ4n) is 10.6. The summed E-state index contributed by atoms with van der Waals surface area (Å²) in [6, 6.07) is 76.6. The van der Waals surface area contributed by atoms with Crippen LogP contribution in [0.15, 0.2) is 206 Å². The van der Waals surface area contributed by atoms with E-state index in [1.807, 2.05) is 36.4 Å². The molecule has 0 aliphatic heterocycles. The normalized spacial score (nSPS) is 11.5. The first-order chi connectivity index (χ1) is 33.3. The van der Waals surface area contributed by atoms with Gasteiger partial charge in [0.25, 0.3) is 0 Å². The Labute approximate surface area is 396 Å².